The maximum absolute atomic E-state index is 12.2. The number of likely N-dealkylation sites (tertiary alicyclic amines) is 1. The number of nitrogens with zero attached hydrogens (tertiary/aromatic N) is 1. The first-order valence-corrected chi connectivity index (χ1v) is 7.75. The van der Waals surface area contributed by atoms with Crippen LogP contribution in [0.25, 0.3) is 0 Å². The number of piperidine rings is 1. The number of anilines is 1. The lowest BCUT2D eigenvalue weighted by Gasteiger charge is -2.41. The molecule has 0 bridgehead atoms. The summed E-state index contributed by atoms with van der Waals surface area (Å²) in [6, 6.07) is 7.35. The molecule has 1 fully saturated rings. The Morgan fingerprint density at radius 2 is 2.10 bits per heavy atom. The summed E-state index contributed by atoms with van der Waals surface area (Å²) >= 11 is 3.37. The molecule has 1 atom stereocenters. The van der Waals surface area contributed by atoms with Crippen molar-refractivity contribution in [2.75, 3.05) is 18.4 Å². The lowest BCUT2D eigenvalue weighted by Crippen LogP contribution is -2.57. The Morgan fingerprint density at radius 3 is 2.76 bits per heavy atom. The molecule has 6 heteroatoms. The number of hydrogen-bond acceptors (Lipinski definition) is 3. The Bertz CT molecular complexity index is 549. The Hall–Kier alpha value is -1.40. The number of hydrogen-bond donors (Lipinski definition) is 2. The Balaban J connectivity index is 2.04. The van der Waals surface area contributed by atoms with E-state index in [1.54, 1.807) is 17.9 Å². The molecule has 114 valence electrons. The van der Waals surface area contributed by atoms with Gasteiger partial charge in [0, 0.05) is 4.47 Å². The second-order valence-corrected chi connectivity index (χ2v) is 6.34. The molecule has 1 saturated heterocycles. The highest BCUT2D eigenvalue weighted by Crippen LogP contribution is 2.28. The number of carboxylic acid groups (broad SMARTS) is 1. The summed E-state index contributed by atoms with van der Waals surface area (Å²) in [5, 5.41) is 12.2. The van der Waals surface area contributed by atoms with Crippen molar-refractivity contribution in [1.29, 1.82) is 0 Å². The van der Waals surface area contributed by atoms with E-state index in [2.05, 4.69) is 21.2 Å². The number of carbonyl (C=O) groups excluding carboxylic acids is 1. The van der Waals surface area contributed by atoms with Gasteiger partial charge in [-0.05, 0) is 60.8 Å². The molecule has 1 amide bonds. The summed E-state index contributed by atoms with van der Waals surface area (Å²) in [6.45, 7) is 2.41. The molecule has 0 aromatic heterocycles. The molecule has 5 nitrogen and oxygen atoms in total. The first kappa shape index (κ1) is 16.0. The number of carboxylic acids is 1. The van der Waals surface area contributed by atoms with Gasteiger partial charge < -0.3 is 10.4 Å². The summed E-state index contributed by atoms with van der Waals surface area (Å²) in [7, 11) is 0. The SMILES string of the molecule is CC1(C(=O)O)CCCCN1CC(=O)Nc1ccccc1Br. The van der Waals surface area contributed by atoms with E-state index < -0.39 is 11.5 Å². The third kappa shape index (κ3) is 3.63. The molecule has 1 aromatic rings. The molecule has 1 aliphatic heterocycles. The second-order valence-electron chi connectivity index (χ2n) is 5.49. The van der Waals surface area contributed by atoms with E-state index >= 15 is 0 Å². The first-order chi connectivity index (χ1) is 9.93. The molecule has 2 N–H and O–H groups in total. The van der Waals surface area contributed by atoms with Gasteiger partial charge in [0.2, 0.25) is 5.91 Å². The van der Waals surface area contributed by atoms with Crippen molar-refractivity contribution in [2.24, 2.45) is 0 Å². The van der Waals surface area contributed by atoms with E-state index in [9.17, 15) is 14.7 Å². The van der Waals surface area contributed by atoms with E-state index in [0.717, 1.165) is 17.3 Å². The maximum Gasteiger partial charge on any atom is 0.323 e. The minimum Gasteiger partial charge on any atom is -0.480 e. The van der Waals surface area contributed by atoms with Crippen LogP contribution in [0.15, 0.2) is 28.7 Å². The van der Waals surface area contributed by atoms with Crippen molar-refractivity contribution in [3.63, 3.8) is 0 Å². The van der Waals surface area contributed by atoms with Gasteiger partial charge in [0.1, 0.15) is 5.54 Å². The maximum atomic E-state index is 12.2. The minimum atomic E-state index is -0.955. The molecule has 2 rings (SSSR count). The summed E-state index contributed by atoms with van der Waals surface area (Å²) < 4.78 is 0.804. The fourth-order valence-electron chi connectivity index (χ4n) is 2.60. The van der Waals surface area contributed by atoms with Crippen LogP contribution in [0.5, 0.6) is 0 Å². The van der Waals surface area contributed by atoms with Crippen molar-refractivity contribution < 1.29 is 14.7 Å². The quantitative estimate of drug-likeness (QED) is 0.871. The number of nitrogens with one attached hydrogen (secondary N) is 1. The molecule has 0 radical (unpaired) electrons. The summed E-state index contributed by atoms with van der Waals surface area (Å²) in [4.78, 5) is 25.4. The topological polar surface area (TPSA) is 69.6 Å². The van der Waals surface area contributed by atoms with E-state index in [4.69, 9.17) is 0 Å². The van der Waals surface area contributed by atoms with E-state index in [0.29, 0.717) is 18.7 Å². The highest BCUT2D eigenvalue weighted by Gasteiger charge is 2.41. The van der Waals surface area contributed by atoms with Crippen LogP contribution >= 0.6 is 15.9 Å². The Labute approximate surface area is 132 Å². The molecule has 21 heavy (non-hydrogen) atoms. The van der Waals surface area contributed by atoms with E-state index in [1.807, 2.05) is 18.2 Å². The molecular formula is C15H19BrN2O3. The number of rotatable bonds is 4. The summed E-state index contributed by atoms with van der Waals surface area (Å²) in [6.07, 6.45) is 2.38. The molecule has 1 heterocycles. The molecule has 1 unspecified atom stereocenters. The van der Waals surface area contributed by atoms with E-state index in [-0.39, 0.29) is 12.5 Å². The van der Waals surface area contributed by atoms with Crippen LogP contribution in [0, 0.1) is 0 Å². The third-order valence-corrected chi connectivity index (χ3v) is 4.67. The normalized spacial score (nSPS) is 22.8. The highest BCUT2D eigenvalue weighted by molar-refractivity contribution is 9.10. The zero-order chi connectivity index (χ0) is 15.5. The number of halogens is 1. The summed E-state index contributed by atoms with van der Waals surface area (Å²) in [5.41, 5.74) is -0.264. The fraction of sp³-hybridized carbons (Fsp3) is 0.467. The van der Waals surface area contributed by atoms with Crippen LogP contribution in [-0.2, 0) is 9.59 Å². The largest absolute Gasteiger partial charge is 0.480 e. The zero-order valence-electron chi connectivity index (χ0n) is 11.9. The first-order valence-electron chi connectivity index (χ1n) is 6.96. The molecule has 1 aromatic carbocycles. The Kier molecular flexibility index (Phi) is 5.00. The molecular weight excluding hydrogens is 336 g/mol. The van der Waals surface area contributed by atoms with Gasteiger partial charge >= 0.3 is 5.97 Å². The van der Waals surface area contributed by atoms with Crippen molar-refractivity contribution in [3.05, 3.63) is 28.7 Å². The molecule has 0 spiro atoms. The van der Waals surface area contributed by atoms with Gasteiger partial charge in [0.15, 0.2) is 0 Å². The van der Waals surface area contributed by atoms with Crippen LogP contribution in [-0.4, -0.2) is 40.5 Å². The number of aliphatic carboxylic acids is 1. The Morgan fingerprint density at radius 1 is 1.38 bits per heavy atom. The third-order valence-electron chi connectivity index (χ3n) is 3.98. The van der Waals surface area contributed by atoms with Crippen LogP contribution in [0.3, 0.4) is 0 Å². The van der Waals surface area contributed by atoms with Crippen molar-refractivity contribution in [1.82, 2.24) is 4.90 Å². The zero-order valence-corrected chi connectivity index (χ0v) is 13.5. The van der Waals surface area contributed by atoms with Crippen LogP contribution in [0.4, 0.5) is 5.69 Å². The number of carbonyl (C=O) groups is 2. The van der Waals surface area contributed by atoms with Gasteiger partial charge in [-0.25, -0.2) is 0 Å². The predicted molar refractivity (Wildman–Crippen MR) is 84.2 cm³/mol. The predicted octanol–water partition coefficient (Wildman–Crippen LogP) is 2.72. The van der Waals surface area contributed by atoms with Crippen molar-refractivity contribution in [3.8, 4) is 0 Å². The van der Waals surface area contributed by atoms with Gasteiger partial charge in [-0.15, -0.1) is 0 Å². The standard InChI is InChI=1S/C15H19BrN2O3/c1-15(14(20)21)8-4-5-9-18(15)10-13(19)17-12-7-3-2-6-11(12)16/h2-3,6-7H,4-5,8-10H2,1H3,(H,17,19)(H,20,21). The molecule has 0 aliphatic carbocycles. The van der Waals surface area contributed by atoms with Crippen LogP contribution in [0.2, 0.25) is 0 Å². The summed E-state index contributed by atoms with van der Waals surface area (Å²) in [5.74, 6) is -1.06. The van der Waals surface area contributed by atoms with E-state index in [1.165, 1.54) is 0 Å². The van der Waals surface area contributed by atoms with Gasteiger partial charge in [0.05, 0.1) is 12.2 Å². The van der Waals surface area contributed by atoms with Gasteiger partial charge in [-0.1, -0.05) is 12.1 Å². The number of para-hydroxylation sites is 1. The monoisotopic (exact) mass is 354 g/mol. The van der Waals surface area contributed by atoms with Gasteiger partial charge in [0.25, 0.3) is 0 Å². The fourth-order valence-corrected chi connectivity index (χ4v) is 2.98. The minimum absolute atomic E-state index is 0.0874. The van der Waals surface area contributed by atoms with Gasteiger partial charge in [-0.3, -0.25) is 14.5 Å². The average Bonchev–Trinajstić information content (AvgIpc) is 2.44. The second kappa shape index (κ2) is 6.58. The van der Waals surface area contributed by atoms with Gasteiger partial charge in [-0.2, -0.15) is 0 Å². The lowest BCUT2D eigenvalue weighted by molar-refractivity contribution is -0.153. The molecule has 1 aliphatic rings. The molecule has 0 saturated carbocycles. The number of amides is 1. The van der Waals surface area contributed by atoms with Crippen LogP contribution < -0.4 is 5.32 Å². The lowest BCUT2D eigenvalue weighted by atomic mass is 9.88. The van der Waals surface area contributed by atoms with Crippen LogP contribution in [0.1, 0.15) is 26.2 Å². The van der Waals surface area contributed by atoms with Crippen molar-refractivity contribution >= 4 is 33.5 Å². The highest BCUT2D eigenvalue weighted by atomic mass is 79.9. The van der Waals surface area contributed by atoms with Crippen molar-refractivity contribution in [2.45, 2.75) is 31.7 Å². The number of benzene rings is 1. The average molecular weight is 355 g/mol. The smallest absolute Gasteiger partial charge is 0.323 e.